The average molecular weight is 302 g/mol. The van der Waals surface area contributed by atoms with Crippen LogP contribution in [0.5, 0.6) is 0 Å². The average Bonchev–Trinajstić information content (AvgIpc) is 2.89. The first-order valence-corrected chi connectivity index (χ1v) is 7.84. The van der Waals surface area contributed by atoms with Crippen LogP contribution in [-0.2, 0) is 14.8 Å². The van der Waals surface area contributed by atoms with Gasteiger partial charge in [-0.15, -0.1) is 0 Å². The van der Waals surface area contributed by atoms with Crippen molar-refractivity contribution in [3.05, 3.63) is 11.8 Å². The van der Waals surface area contributed by atoms with Gasteiger partial charge in [0.1, 0.15) is 5.56 Å². The van der Waals surface area contributed by atoms with E-state index in [0.717, 1.165) is 0 Å². The minimum absolute atomic E-state index is 0.0574. The second-order valence-electron chi connectivity index (χ2n) is 4.55. The van der Waals surface area contributed by atoms with Crippen LogP contribution in [0.4, 0.5) is 0 Å². The molecule has 2 N–H and O–H groups in total. The molecule has 20 heavy (non-hydrogen) atoms. The Morgan fingerprint density at radius 2 is 2.35 bits per heavy atom. The third kappa shape index (κ3) is 2.84. The van der Waals surface area contributed by atoms with Gasteiger partial charge in [0.05, 0.1) is 12.8 Å². The van der Waals surface area contributed by atoms with Gasteiger partial charge in [0, 0.05) is 25.7 Å². The first kappa shape index (κ1) is 14.9. The van der Waals surface area contributed by atoms with Gasteiger partial charge >= 0.3 is 5.97 Å². The van der Waals surface area contributed by atoms with Crippen molar-refractivity contribution in [3.63, 3.8) is 0 Å². The van der Waals surface area contributed by atoms with E-state index in [9.17, 15) is 13.2 Å². The largest absolute Gasteiger partial charge is 0.462 e. The van der Waals surface area contributed by atoms with E-state index in [2.05, 4.69) is 15.5 Å². The highest BCUT2D eigenvalue weighted by Crippen LogP contribution is 2.19. The third-order valence-corrected chi connectivity index (χ3v) is 4.87. The number of hydrogen-bond donors (Lipinski definition) is 2. The highest BCUT2D eigenvalue weighted by atomic mass is 32.2. The summed E-state index contributed by atoms with van der Waals surface area (Å²) < 4.78 is 31.3. The molecule has 0 amide bonds. The van der Waals surface area contributed by atoms with Crippen LogP contribution in [0.2, 0.25) is 0 Å². The van der Waals surface area contributed by atoms with E-state index < -0.39 is 16.0 Å². The van der Waals surface area contributed by atoms with E-state index in [1.165, 1.54) is 10.5 Å². The molecule has 112 valence electrons. The van der Waals surface area contributed by atoms with E-state index >= 15 is 0 Å². The summed E-state index contributed by atoms with van der Waals surface area (Å²) in [6.45, 7) is 5.01. The summed E-state index contributed by atoms with van der Waals surface area (Å²) in [7, 11) is -3.77. The second kappa shape index (κ2) is 5.90. The predicted molar refractivity (Wildman–Crippen MR) is 70.8 cm³/mol. The Morgan fingerprint density at radius 3 is 3.00 bits per heavy atom. The number of H-pyrrole nitrogens is 1. The van der Waals surface area contributed by atoms with E-state index in [0.29, 0.717) is 19.6 Å². The standard InChI is InChI=1S/C11H18N4O4S/c1-3-19-11(16)9-6-13-14-10(9)20(17,18)15-5-4-12-8(2)7-15/h6,8,12H,3-5,7H2,1-2H3,(H,13,14). The Kier molecular flexibility index (Phi) is 4.41. The van der Waals surface area contributed by atoms with Crippen LogP contribution in [0.1, 0.15) is 24.2 Å². The summed E-state index contributed by atoms with van der Waals surface area (Å²) in [4.78, 5) is 11.7. The monoisotopic (exact) mass is 302 g/mol. The van der Waals surface area contributed by atoms with Crippen molar-refractivity contribution in [1.82, 2.24) is 19.8 Å². The van der Waals surface area contributed by atoms with Crippen LogP contribution in [0.25, 0.3) is 0 Å². The maximum absolute atomic E-state index is 12.5. The van der Waals surface area contributed by atoms with Gasteiger partial charge in [0.15, 0.2) is 5.03 Å². The summed E-state index contributed by atoms with van der Waals surface area (Å²) in [6, 6.07) is 0.0625. The highest BCUT2D eigenvalue weighted by Gasteiger charge is 2.33. The number of nitrogens with one attached hydrogen (secondary N) is 2. The molecular formula is C11H18N4O4S. The van der Waals surface area contributed by atoms with Gasteiger partial charge < -0.3 is 10.1 Å². The number of nitrogens with zero attached hydrogens (tertiary/aromatic N) is 2. The molecule has 0 spiro atoms. The fourth-order valence-electron chi connectivity index (χ4n) is 2.07. The molecule has 1 aromatic heterocycles. The molecule has 2 heterocycles. The summed E-state index contributed by atoms with van der Waals surface area (Å²) in [6.07, 6.45) is 1.18. The maximum atomic E-state index is 12.5. The van der Waals surface area contributed by atoms with Crippen molar-refractivity contribution in [3.8, 4) is 0 Å². The molecule has 0 saturated carbocycles. The summed E-state index contributed by atoms with van der Waals surface area (Å²) in [5, 5.41) is 9.01. The van der Waals surface area contributed by atoms with E-state index in [-0.39, 0.29) is 23.2 Å². The van der Waals surface area contributed by atoms with Gasteiger partial charge in [-0.1, -0.05) is 0 Å². The molecule has 1 aromatic rings. The molecule has 2 rings (SSSR count). The Morgan fingerprint density at radius 1 is 1.60 bits per heavy atom. The second-order valence-corrected chi connectivity index (χ2v) is 6.43. The summed E-state index contributed by atoms with van der Waals surface area (Å²) in [5.41, 5.74) is -0.0574. The van der Waals surface area contributed by atoms with Crippen LogP contribution >= 0.6 is 0 Å². The van der Waals surface area contributed by atoms with Crippen LogP contribution in [0.3, 0.4) is 0 Å². The van der Waals surface area contributed by atoms with Gasteiger partial charge in [0.2, 0.25) is 0 Å². The number of sulfonamides is 1. The molecule has 1 saturated heterocycles. The zero-order chi connectivity index (χ0) is 14.8. The normalized spacial score (nSPS) is 20.8. The Hall–Kier alpha value is -1.45. The van der Waals surface area contributed by atoms with Crippen molar-refractivity contribution >= 4 is 16.0 Å². The number of ether oxygens (including phenoxy) is 1. The van der Waals surface area contributed by atoms with Gasteiger partial charge in [-0.05, 0) is 13.8 Å². The van der Waals surface area contributed by atoms with E-state index in [4.69, 9.17) is 4.74 Å². The summed E-state index contributed by atoms with van der Waals surface area (Å²) in [5.74, 6) is -0.692. The lowest BCUT2D eigenvalue weighted by Gasteiger charge is -2.30. The molecule has 0 bridgehead atoms. The quantitative estimate of drug-likeness (QED) is 0.731. The smallest absolute Gasteiger partial charge is 0.342 e. The molecule has 0 aliphatic carbocycles. The van der Waals surface area contributed by atoms with E-state index in [1.807, 2.05) is 6.92 Å². The topological polar surface area (TPSA) is 104 Å². The molecule has 0 aromatic carbocycles. The molecule has 0 radical (unpaired) electrons. The molecule has 1 unspecified atom stereocenters. The van der Waals surface area contributed by atoms with Crippen molar-refractivity contribution < 1.29 is 17.9 Å². The van der Waals surface area contributed by atoms with E-state index in [1.54, 1.807) is 6.92 Å². The highest BCUT2D eigenvalue weighted by molar-refractivity contribution is 7.89. The lowest BCUT2D eigenvalue weighted by molar-refractivity contribution is 0.0521. The molecule has 1 aliphatic rings. The number of esters is 1. The zero-order valence-corrected chi connectivity index (χ0v) is 12.2. The van der Waals surface area contributed by atoms with Crippen LogP contribution in [0.15, 0.2) is 11.2 Å². The zero-order valence-electron chi connectivity index (χ0n) is 11.4. The van der Waals surface area contributed by atoms with Crippen LogP contribution < -0.4 is 5.32 Å². The minimum atomic E-state index is -3.77. The van der Waals surface area contributed by atoms with Crippen molar-refractivity contribution in [2.75, 3.05) is 26.2 Å². The van der Waals surface area contributed by atoms with Gasteiger partial charge in [-0.25, -0.2) is 13.2 Å². The fourth-order valence-corrected chi connectivity index (χ4v) is 3.66. The first-order chi connectivity index (χ1) is 9.46. The van der Waals surface area contributed by atoms with Gasteiger partial charge in [-0.2, -0.15) is 9.40 Å². The van der Waals surface area contributed by atoms with Crippen molar-refractivity contribution in [1.29, 1.82) is 0 Å². The SMILES string of the molecule is CCOC(=O)c1cn[nH]c1S(=O)(=O)N1CCNC(C)C1. The Labute approximate surface area is 117 Å². The summed E-state index contributed by atoms with van der Waals surface area (Å²) >= 11 is 0. The van der Waals surface area contributed by atoms with Crippen LogP contribution in [0, 0.1) is 0 Å². The molecule has 1 atom stereocenters. The molecule has 8 nitrogen and oxygen atoms in total. The molecule has 1 fully saturated rings. The molecular weight excluding hydrogens is 284 g/mol. The third-order valence-electron chi connectivity index (χ3n) is 3.03. The Balaban J connectivity index is 2.30. The minimum Gasteiger partial charge on any atom is -0.462 e. The molecule has 1 aliphatic heterocycles. The van der Waals surface area contributed by atoms with Crippen molar-refractivity contribution in [2.45, 2.75) is 24.9 Å². The van der Waals surface area contributed by atoms with Gasteiger partial charge in [0.25, 0.3) is 10.0 Å². The predicted octanol–water partition coefficient (Wildman–Crippen LogP) is -0.431. The number of rotatable bonds is 4. The number of hydrogen-bond acceptors (Lipinski definition) is 6. The maximum Gasteiger partial charge on any atom is 0.342 e. The van der Waals surface area contributed by atoms with Gasteiger partial charge in [-0.3, -0.25) is 5.10 Å². The number of piperazine rings is 1. The fraction of sp³-hybridized carbons (Fsp3) is 0.636. The number of carbonyl (C=O) groups excluding carboxylic acids is 1. The van der Waals surface area contributed by atoms with Crippen molar-refractivity contribution in [2.24, 2.45) is 0 Å². The number of carbonyl (C=O) groups is 1. The lowest BCUT2D eigenvalue weighted by atomic mass is 10.3. The lowest BCUT2D eigenvalue weighted by Crippen LogP contribution is -2.51. The molecule has 9 heteroatoms. The number of aromatic nitrogens is 2. The Bertz CT molecular complexity index is 583. The van der Waals surface area contributed by atoms with Crippen LogP contribution in [-0.4, -0.2) is 61.2 Å². The first-order valence-electron chi connectivity index (χ1n) is 6.40. The number of aromatic amines is 1.